The summed E-state index contributed by atoms with van der Waals surface area (Å²) in [5, 5.41) is 32.8. The molecule has 2 atom stereocenters. The van der Waals surface area contributed by atoms with E-state index >= 15 is 0 Å². The van der Waals surface area contributed by atoms with Crippen LogP contribution in [0.25, 0.3) is 0 Å². The van der Waals surface area contributed by atoms with Crippen LogP contribution >= 0.6 is 0 Å². The van der Waals surface area contributed by atoms with Crippen LogP contribution < -0.4 is 10.2 Å². The molecular formula is C20H18N4O6. The highest BCUT2D eigenvalue weighted by molar-refractivity contribution is 6.04. The minimum Gasteiger partial charge on any atom is -0.380 e. The Morgan fingerprint density at radius 1 is 1.37 bits per heavy atom. The maximum Gasteiger partial charge on any atom is 0.274 e. The highest BCUT2D eigenvalue weighted by Crippen LogP contribution is 2.27. The molecule has 2 N–H and O–H groups in total. The van der Waals surface area contributed by atoms with Crippen LogP contribution in [0, 0.1) is 28.4 Å². The molecule has 0 aliphatic carbocycles. The zero-order chi connectivity index (χ0) is 21.8. The number of hydrogen-bond acceptors (Lipinski definition) is 7. The second-order valence-corrected chi connectivity index (χ2v) is 6.63. The highest BCUT2D eigenvalue weighted by Gasteiger charge is 2.39. The summed E-state index contributed by atoms with van der Waals surface area (Å²) in [7, 11) is 0. The molecule has 154 valence electrons. The number of aliphatic hydroxyl groups is 1. The molecule has 2 aromatic rings. The van der Waals surface area contributed by atoms with Crippen molar-refractivity contribution in [2.45, 2.75) is 19.1 Å². The van der Waals surface area contributed by atoms with Gasteiger partial charge in [0.1, 0.15) is 0 Å². The second-order valence-electron chi connectivity index (χ2n) is 6.63. The van der Waals surface area contributed by atoms with Gasteiger partial charge in [-0.05, 0) is 37.3 Å². The third kappa shape index (κ3) is 4.27. The van der Waals surface area contributed by atoms with E-state index in [0.29, 0.717) is 16.8 Å². The normalized spacial score (nSPS) is 17.2. The Kier molecular flexibility index (Phi) is 6.06. The number of hydrogen-bond donors (Lipinski definition) is 2. The number of nitro groups is 1. The number of aryl methyl sites for hydroxylation is 1. The predicted octanol–water partition coefficient (Wildman–Crippen LogP) is 1.51. The Hall–Kier alpha value is -3.81. The second kappa shape index (κ2) is 8.69. The molecule has 1 heterocycles. The SMILES string of the molecule is Cc1ccc(N2CCO[C@H]([C@@H](O)C(=O)Nc3ccc(C#N)cc3)C2=O)cc1[N+](=O)[O-]. The number of nitriles is 1. The van der Waals surface area contributed by atoms with Crippen molar-refractivity contribution < 1.29 is 24.4 Å². The average Bonchev–Trinajstić information content (AvgIpc) is 2.74. The maximum atomic E-state index is 12.8. The number of morpholine rings is 1. The number of benzene rings is 2. The monoisotopic (exact) mass is 410 g/mol. The lowest BCUT2D eigenvalue weighted by Gasteiger charge is -2.34. The summed E-state index contributed by atoms with van der Waals surface area (Å²) < 4.78 is 5.32. The zero-order valence-electron chi connectivity index (χ0n) is 15.9. The minimum absolute atomic E-state index is 0.0410. The van der Waals surface area contributed by atoms with Crippen molar-refractivity contribution in [2.24, 2.45) is 0 Å². The quantitative estimate of drug-likeness (QED) is 0.561. The molecule has 0 aromatic heterocycles. The lowest BCUT2D eigenvalue weighted by Crippen LogP contribution is -2.55. The summed E-state index contributed by atoms with van der Waals surface area (Å²) in [5.74, 6) is -1.53. The van der Waals surface area contributed by atoms with Crippen LogP contribution in [0.4, 0.5) is 17.1 Å². The fraction of sp³-hybridized carbons (Fsp3) is 0.250. The molecule has 0 spiro atoms. The number of nitrogens with zero attached hydrogens (tertiary/aromatic N) is 3. The van der Waals surface area contributed by atoms with Crippen molar-refractivity contribution >= 4 is 28.9 Å². The first-order valence-corrected chi connectivity index (χ1v) is 8.99. The zero-order valence-corrected chi connectivity index (χ0v) is 15.9. The Morgan fingerprint density at radius 3 is 2.70 bits per heavy atom. The fourth-order valence-corrected chi connectivity index (χ4v) is 3.03. The lowest BCUT2D eigenvalue weighted by atomic mass is 10.1. The van der Waals surface area contributed by atoms with Gasteiger partial charge in [-0.1, -0.05) is 6.07 Å². The van der Waals surface area contributed by atoms with E-state index in [1.54, 1.807) is 13.0 Å². The Balaban J connectivity index is 1.75. The molecule has 1 aliphatic heterocycles. The summed E-state index contributed by atoms with van der Waals surface area (Å²) in [6, 6.07) is 12.3. The standard InChI is InChI=1S/C20H18N4O6/c1-12-2-7-15(10-16(12)24(28)29)23-8-9-30-18(20(23)27)17(25)19(26)22-14-5-3-13(11-21)4-6-14/h2-7,10,17-18,25H,8-9H2,1H3,(H,22,26)/t17-,18-/m1/s1. The molecule has 2 amide bonds. The smallest absolute Gasteiger partial charge is 0.274 e. The number of nitro benzene ring substituents is 1. The van der Waals surface area contributed by atoms with Gasteiger partial charge in [-0.3, -0.25) is 19.7 Å². The Bertz CT molecular complexity index is 1030. The van der Waals surface area contributed by atoms with E-state index in [0.717, 1.165) is 0 Å². The van der Waals surface area contributed by atoms with Crippen LogP contribution in [0.15, 0.2) is 42.5 Å². The topological polar surface area (TPSA) is 146 Å². The van der Waals surface area contributed by atoms with Crippen LogP contribution in [-0.4, -0.2) is 47.2 Å². The molecule has 10 heteroatoms. The summed E-state index contributed by atoms with van der Waals surface area (Å²) >= 11 is 0. The molecule has 10 nitrogen and oxygen atoms in total. The van der Waals surface area contributed by atoms with Gasteiger partial charge in [0, 0.05) is 23.9 Å². The van der Waals surface area contributed by atoms with E-state index < -0.39 is 28.9 Å². The average molecular weight is 410 g/mol. The first-order chi connectivity index (χ1) is 14.3. The molecule has 3 rings (SSSR count). The van der Waals surface area contributed by atoms with Gasteiger partial charge in [-0.2, -0.15) is 5.26 Å². The maximum absolute atomic E-state index is 12.8. The van der Waals surface area contributed by atoms with Crippen LogP contribution in [0.3, 0.4) is 0 Å². The molecule has 0 radical (unpaired) electrons. The van der Waals surface area contributed by atoms with Gasteiger partial charge in [0.25, 0.3) is 17.5 Å². The first kappa shape index (κ1) is 20.9. The predicted molar refractivity (Wildman–Crippen MR) is 106 cm³/mol. The van der Waals surface area contributed by atoms with Crippen molar-refractivity contribution in [1.29, 1.82) is 5.26 Å². The lowest BCUT2D eigenvalue weighted by molar-refractivity contribution is -0.385. The summed E-state index contributed by atoms with van der Waals surface area (Å²) in [5.41, 5.74) is 1.34. The fourth-order valence-electron chi connectivity index (χ4n) is 3.03. The molecule has 1 fully saturated rings. The molecule has 2 aromatic carbocycles. The van der Waals surface area contributed by atoms with Gasteiger partial charge in [0.15, 0.2) is 12.2 Å². The van der Waals surface area contributed by atoms with Crippen molar-refractivity contribution in [1.82, 2.24) is 0 Å². The van der Waals surface area contributed by atoms with Gasteiger partial charge in [-0.25, -0.2) is 0 Å². The Morgan fingerprint density at radius 2 is 2.07 bits per heavy atom. The van der Waals surface area contributed by atoms with Gasteiger partial charge in [0.05, 0.1) is 28.9 Å². The van der Waals surface area contributed by atoms with Gasteiger partial charge in [0.2, 0.25) is 0 Å². The number of anilines is 2. The van der Waals surface area contributed by atoms with Crippen LogP contribution in [-0.2, 0) is 14.3 Å². The van der Waals surface area contributed by atoms with Crippen molar-refractivity contribution in [3.63, 3.8) is 0 Å². The molecular weight excluding hydrogens is 392 g/mol. The highest BCUT2D eigenvalue weighted by atomic mass is 16.6. The van der Waals surface area contributed by atoms with E-state index in [4.69, 9.17) is 10.00 Å². The number of carbonyl (C=O) groups is 2. The molecule has 1 saturated heterocycles. The third-order valence-corrected chi connectivity index (χ3v) is 4.66. The van der Waals surface area contributed by atoms with Gasteiger partial charge < -0.3 is 20.1 Å². The molecule has 1 aliphatic rings. The summed E-state index contributed by atoms with van der Waals surface area (Å²) in [6.45, 7) is 1.75. The number of rotatable bonds is 5. The Labute approximate surface area is 171 Å². The molecule has 0 unspecified atom stereocenters. The van der Waals surface area contributed by atoms with Gasteiger partial charge in [-0.15, -0.1) is 0 Å². The van der Waals surface area contributed by atoms with Crippen LogP contribution in [0.1, 0.15) is 11.1 Å². The largest absolute Gasteiger partial charge is 0.380 e. The first-order valence-electron chi connectivity index (χ1n) is 8.99. The third-order valence-electron chi connectivity index (χ3n) is 4.66. The van der Waals surface area contributed by atoms with E-state index in [1.807, 2.05) is 6.07 Å². The van der Waals surface area contributed by atoms with E-state index in [1.165, 1.54) is 41.3 Å². The van der Waals surface area contributed by atoms with E-state index in [2.05, 4.69) is 5.32 Å². The van der Waals surface area contributed by atoms with Crippen LogP contribution in [0.2, 0.25) is 0 Å². The molecule has 30 heavy (non-hydrogen) atoms. The van der Waals surface area contributed by atoms with Gasteiger partial charge >= 0.3 is 0 Å². The number of ether oxygens (including phenoxy) is 1. The van der Waals surface area contributed by atoms with E-state index in [-0.39, 0.29) is 24.5 Å². The van der Waals surface area contributed by atoms with Crippen LogP contribution in [0.5, 0.6) is 0 Å². The van der Waals surface area contributed by atoms with Crippen molar-refractivity contribution in [3.8, 4) is 6.07 Å². The number of amides is 2. The minimum atomic E-state index is -1.80. The number of nitrogens with one attached hydrogen (secondary N) is 1. The number of carbonyl (C=O) groups excluding carboxylic acids is 2. The summed E-state index contributed by atoms with van der Waals surface area (Å²) in [4.78, 5) is 37.1. The molecule has 0 saturated carbocycles. The van der Waals surface area contributed by atoms with E-state index in [9.17, 15) is 24.8 Å². The molecule has 0 bridgehead atoms. The summed E-state index contributed by atoms with van der Waals surface area (Å²) in [6.07, 6.45) is -3.26. The van der Waals surface area contributed by atoms with Crippen molar-refractivity contribution in [3.05, 3.63) is 63.7 Å². The number of aliphatic hydroxyl groups excluding tert-OH is 1. The van der Waals surface area contributed by atoms with Crippen molar-refractivity contribution in [2.75, 3.05) is 23.4 Å².